The number of hydrogen-bond donors (Lipinski definition) is 3. The molecule has 7 nitrogen and oxygen atoms in total. The Morgan fingerprint density at radius 1 is 1.16 bits per heavy atom. The molecule has 1 aliphatic heterocycles. The number of carbonyl (C=O) groups excluding carboxylic acids is 1. The number of pyridine rings is 1. The Bertz CT molecular complexity index is 1230. The van der Waals surface area contributed by atoms with E-state index in [0.29, 0.717) is 18.2 Å². The average molecular weight is 504 g/mol. The molecule has 2 aliphatic rings. The van der Waals surface area contributed by atoms with Gasteiger partial charge in [-0.15, -0.1) is 0 Å². The molecule has 1 saturated heterocycles. The van der Waals surface area contributed by atoms with Crippen molar-refractivity contribution in [3.05, 3.63) is 65.4 Å². The second-order valence-corrected chi connectivity index (χ2v) is 10.7. The van der Waals surface area contributed by atoms with E-state index >= 15 is 0 Å². The lowest BCUT2D eigenvalue weighted by Gasteiger charge is -2.33. The molecule has 7 heteroatoms. The van der Waals surface area contributed by atoms with Gasteiger partial charge < -0.3 is 25.2 Å². The summed E-state index contributed by atoms with van der Waals surface area (Å²) in [6, 6.07) is 13.7. The number of fused-ring (bicyclic) bond motifs is 1. The van der Waals surface area contributed by atoms with Crippen molar-refractivity contribution in [3.63, 3.8) is 0 Å². The number of aliphatic hydroxyl groups is 1. The maximum atomic E-state index is 12.9. The van der Waals surface area contributed by atoms with Crippen LogP contribution in [0.3, 0.4) is 0 Å². The van der Waals surface area contributed by atoms with Gasteiger partial charge in [-0.2, -0.15) is 0 Å². The van der Waals surface area contributed by atoms with E-state index in [1.165, 1.54) is 0 Å². The van der Waals surface area contributed by atoms with Gasteiger partial charge in [0.25, 0.3) is 5.91 Å². The molecule has 0 radical (unpaired) electrons. The fourth-order valence-electron chi connectivity index (χ4n) is 5.19. The van der Waals surface area contributed by atoms with Gasteiger partial charge in [0, 0.05) is 42.0 Å². The zero-order valence-corrected chi connectivity index (χ0v) is 21.8. The zero-order chi connectivity index (χ0) is 25.8. The maximum Gasteiger partial charge on any atom is 0.255 e. The summed E-state index contributed by atoms with van der Waals surface area (Å²) in [5, 5.41) is 17.9. The van der Waals surface area contributed by atoms with Crippen LogP contribution in [0.5, 0.6) is 5.75 Å². The van der Waals surface area contributed by atoms with Crippen LogP contribution < -0.4 is 15.4 Å². The van der Waals surface area contributed by atoms with Crippen molar-refractivity contribution < 1.29 is 19.4 Å². The lowest BCUT2D eigenvalue weighted by Crippen LogP contribution is -2.39. The van der Waals surface area contributed by atoms with Gasteiger partial charge in [-0.3, -0.25) is 9.78 Å². The van der Waals surface area contributed by atoms with E-state index in [-0.39, 0.29) is 12.0 Å². The Labute approximate surface area is 218 Å². The van der Waals surface area contributed by atoms with Crippen molar-refractivity contribution in [1.82, 2.24) is 10.3 Å². The molecule has 1 aromatic heterocycles. The van der Waals surface area contributed by atoms with Crippen LogP contribution in [0.15, 0.2) is 48.7 Å². The Balaban J connectivity index is 1.18. The maximum absolute atomic E-state index is 12.9. The molecule has 1 amide bonds. The van der Waals surface area contributed by atoms with Gasteiger partial charge in [0.2, 0.25) is 0 Å². The van der Waals surface area contributed by atoms with Gasteiger partial charge in [0.1, 0.15) is 12.4 Å². The minimum atomic E-state index is -0.518. The summed E-state index contributed by atoms with van der Waals surface area (Å²) in [7, 11) is 0. The first-order valence-corrected chi connectivity index (χ1v) is 13.4. The highest BCUT2D eigenvalue weighted by Gasteiger charge is 2.28. The molecule has 2 heterocycles. The number of hydrogen-bond acceptors (Lipinski definition) is 6. The van der Waals surface area contributed by atoms with Crippen molar-refractivity contribution in [2.75, 3.05) is 18.5 Å². The van der Waals surface area contributed by atoms with E-state index in [1.54, 1.807) is 12.1 Å². The SMILES string of the molecule is Cc1c(NC(=O)c2ccc(OC[C@H]3CCCO3)cc2)ccc2cc(CN[C@H]3CC[C@](C)(O)CC3)cnc12. The number of carbonyl (C=O) groups is 1. The molecule has 196 valence electrons. The number of rotatable bonds is 8. The number of amides is 1. The fraction of sp³-hybridized carbons (Fsp3) is 0.467. The number of anilines is 1. The molecule has 3 aromatic rings. The van der Waals surface area contributed by atoms with Crippen molar-refractivity contribution in [2.24, 2.45) is 0 Å². The van der Waals surface area contributed by atoms with E-state index in [2.05, 4.69) is 16.7 Å². The van der Waals surface area contributed by atoms with Crippen LogP contribution in [-0.4, -0.2) is 47.0 Å². The Hall–Kier alpha value is -3.00. The molecule has 3 N–H and O–H groups in total. The monoisotopic (exact) mass is 503 g/mol. The second kappa shape index (κ2) is 11.2. The molecule has 2 fully saturated rings. The van der Waals surface area contributed by atoms with E-state index in [0.717, 1.165) is 85.1 Å². The van der Waals surface area contributed by atoms with Gasteiger partial charge in [-0.25, -0.2) is 0 Å². The van der Waals surface area contributed by atoms with Gasteiger partial charge in [-0.1, -0.05) is 6.07 Å². The Morgan fingerprint density at radius 3 is 2.68 bits per heavy atom. The minimum Gasteiger partial charge on any atom is -0.491 e. The smallest absolute Gasteiger partial charge is 0.255 e. The highest BCUT2D eigenvalue weighted by molar-refractivity contribution is 6.06. The Morgan fingerprint density at radius 2 is 1.95 bits per heavy atom. The molecule has 2 aromatic carbocycles. The van der Waals surface area contributed by atoms with Crippen LogP contribution in [-0.2, 0) is 11.3 Å². The second-order valence-electron chi connectivity index (χ2n) is 10.7. The molecule has 1 aliphatic carbocycles. The van der Waals surface area contributed by atoms with Gasteiger partial charge in [0.05, 0.1) is 17.2 Å². The summed E-state index contributed by atoms with van der Waals surface area (Å²) >= 11 is 0. The molecule has 5 rings (SSSR count). The summed E-state index contributed by atoms with van der Waals surface area (Å²) in [4.78, 5) is 17.6. The lowest BCUT2D eigenvalue weighted by molar-refractivity contribution is 0.0140. The van der Waals surface area contributed by atoms with Crippen molar-refractivity contribution >= 4 is 22.5 Å². The van der Waals surface area contributed by atoms with E-state index in [1.807, 2.05) is 44.3 Å². The van der Waals surface area contributed by atoms with Gasteiger partial charge in [-0.05, 0) is 99.9 Å². The molecular formula is C30H37N3O4. The van der Waals surface area contributed by atoms with Crippen LogP contribution in [0.2, 0.25) is 0 Å². The standard InChI is InChI=1S/C30H37N3O4/c1-20-27(33-29(34)22-5-8-25(9-6-22)37-19-26-4-3-15-36-26)10-7-23-16-21(18-32-28(20)23)17-31-24-11-13-30(2,35)14-12-24/h5-10,16,18,24,26,31,35H,3-4,11-15,17,19H2,1-2H3,(H,33,34)/t24-,26-,30-/m1/s1. The van der Waals surface area contributed by atoms with Crippen LogP contribution in [0, 0.1) is 6.92 Å². The average Bonchev–Trinajstić information content (AvgIpc) is 3.42. The largest absolute Gasteiger partial charge is 0.491 e. The molecule has 0 bridgehead atoms. The van der Waals surface area contributed by atoms with Gasteiger partial charge >= 0.3 is 0 Å². The van der Waals surface area contributed by atoms with Crippen LogP contribution in [0.25, 0.3) is 10.9 Å². The third kappa shape index (κ3) is 6.47. The number of aryl methyl sites for hydroxylation is 1. The quantitative estimate of drug-likeness (QED) is 0.394. The molecule has 1 saturated carbocycles. The Kier molecular flexibility index (Phi) is 7.74. The van der Waals surface area contributed by atoms with Crippen molar-refractivity contribution in [1.29, 1.82) is 0 Å². The van der Waals surface area contributed by atoms with Crippen molar-refractivity contribution in [2.45, 2.75) is 76.7 Å². The summed E-state index contributed by atoms with van der Waals surface area (Å²) in [6.45, 7) is 6.01. The van der Waals surface area contributed by atoms with Crippen LogP contribution in [0.4, 0.5) is 5.69 Å². The summed E-state index contributed by atoms with van der Waals surface area (Å²) in [6.07, 6.45) is 7.83. The fourth-order valence-corrected chi connectivity index (χ4v) is 5.19. The zero-order valence-electron chi connectivity index (χ0n) is 21.8. The normalized spacial score (nSPS) is 23.8. The van der Waals surface area contributed by atoms with E-state index in [9.17, 15) is 9.90 Å². The molecule has 37 heavy (non-hydrogen) atoms. The first-order valence-electron chi connectivity index (χ1n) is 13.4. The van der Waals surface area contributed by atoms with Crippen molar-refractivity contribution in [3.8, 4) is 5.75 Å². The first-order chi connectivity index (χ1) is 17.9. The third-order valence-corrected chi connectivity index (χ3v) is 7.64. The number of benzene rings is 2. The summed E-state index contributed by atoms with van der Waals surface area (Å²) < 4.78 is 11.4. The summed E-state index contributed by atoms with van der Waals surface area (Å²) in [5.41, 5.74) is 3.76. The molecule has 0 spiro atoms. The minimum absolute atomic E-state index is 0.162. The lowest BCUT2D eigenvalue weighted by atomic mass is 9.83. The molecular weight excluding hydrogens is 466 g/mol. The molecule has 1 atom stereocenters. The van der Waals surface area contributed by atoms with E-state index in [4.69, 9.17) is 14.5 Å². The van der Waals surface area contributed by atoms with Crippen LogP contribution >= 0.6 is 0 Å². The number of ether oxygens (including phenoxy) is 2. The number of nitrogens with one attached hydrogen (secondary N) is 2. The first kappa shape index (κ1) is 25.6. The van der Waals surface area contributed by atoms with Crippen LogP contribution in [0.1, 0.15) is 66.9 Å². The number of aromatic nitrogens is 1. The van der Waals surface area contributed by atoms with Gasteiger partial charge in [0.15, 0.2) is 0 Å². The summed E-state index contributed by atoms with van der Waals surface area (Å²) in [5.74, 6) is 0.569. The topological polar surface area (TPSA) is 92.7 Å². The highest BCUT2D eigenvalue weighted by atomic mass is 16.5. The number of nitrogens with zero attached hydrogens (tertiary/aromatic N) is 1. The predicted octanol–water partition coefficient (Wildman–Crippen LogP) is 5.14. The predicted molar refractivity (Wildman–Crippen MR) is 145 cm³/mol. The third-order valence-electron chi connectivity index (χ3n) is 7.64. The van der Waals surface area contributed by atoms with E-state index < -0.39 is 5.60 Å². The highest BCUT2D eigenvalue weighted by Crippen LogP contribution is 2.28. The molecule has 0 unspecified atom stereocenters.